The summed E-state index contributed by atoms with van der Waals surface area (Å²) in [5.41, 5.74) is 0. The summed E-state index contributed by atoms with van der Waals surface area (Å²) in [6.07, 6.45) is 0. The van der Waals surface area contributed by atoms with Crippen LogP contribution in [-0.4, -0.2) is 21.0 Å². The van der Waals surface area contributed by atoms with Crippen molar-refractivity contribution >= 4 is 28.1 Å². The van der Waals surface area contributed by atoms with Crippen molar-refractivity contribution in [2.45, 2.75) is 11.1 Å². The standard InChI is InChI=1S/C8H10O3S2/c1-6(8(9)10)5-13(11)7-3-2-4-12-7/h2-4,6H,5H2,1H3,(H,9,10). The van der Waals surface area contributed by atoms with Crippen LogP contribution < -0.4 is 0 Å². The fraction of sp³-hybridized carbons (Fsp3) is 0.375. The van der Waals surface area contributed by atoms with E-state index in [1.807, 2.05) is 11.4 Å². The molecule has 0 radical (unpaired) electrons. The molecule has 2 unspecified atom stereocenters. The second-order valence-electron chi connectivity index (χ2n) is 2.68. The van der Waals surface area contributed by atoms with Gasteiger partial charge in [0, 0.05) is 5.75 Å². The van der Waals surface area contributed by atoms with E-state index < -0.39 is 22.7 Å². The molecule has 0 aliphatic heterocycles. The molecule has 0 aliphatic carbocycles. The Kier molecular flexibility index (Phi) is 3.62. The molecular weight excluding hydrogens is 208 g/mol. The second-order valence-corrected chi connectivity index (χ2v) is 5.35. The van der Waals surface area contributed by atoms with Crippen molar-refractivity contribution in [3.8, 4) is 0 Å². The van der Waals surface area contributed by atoms with E-state index in [2.05, 4.69) is 0 Å². The minimum absolute atomic E-state index is 0.190. The van der Waals surface area contributed by atoms with Crippen LogP contribution in [0.1, 0.15) is 6.92 Å². The Hall–Kier alpha value is -0.680. The minimum Gasteiger partial charge on any atom is -0.481 e. The largest absolute Gasteiger partial charge is 0.481 e. The topological polar surface area (TPSA) is 54.4 Å². The molecule has 1 aromatic rings. The molecule has 0 spiro atoms. The Morgan fingerprint density at radius 1 is 1.77 bits per heavy atom. The number of aliphatic carboxylic acids is 1. The smallest absolute Gasteiger partial charge is 0.307 e. The van der Waals surface area contributed by atoms with Crippen LogP contribution in [0.3, 0.4) is 0 Å². The molecule has 1 rings (SSSR count). The highest BCUT2D eigenvalue weighted by atomic mass is 32.2. The number of rotatable bonds is 4. The van der Waals surface area contributed by atoms with Gasteiger partial charge in [0.25, 0.3) is 0 Å². The lowest BCUT2D eigenvalue weighted by Crippen LogP contribution is -2.16. The van der Waals surface area contributed by atoms with Gasteiger partial charge in [0.05, 0.1) is 20.9 Å². The fourth-order valence-corrected chi connectivity index (χ4v) is 3.01. The molecule has 1 heterocycles. The Morgan fingerprint density at radius 3 is 2.92 bits per heavy atom. The van der Waals surface area contributed by atoms with Crippen LogP contribution in [0.4, 0.5) is 0 Å². The van der Waals surface area contributed by atoms with Crippen molar-refractivity contribution in [2.75, 3.05) is 5.75 Å². The molecule has 72 valence electrons. The van der Waals surface area contributed by atoms with Gasteiger partial charge < -0.3 is 5.11 Å². The number of thiophene rings is 1. The first kappa shape index (κ1) is 10.4. The Labute approximate surface area is 82.9 Å². The SMILES string of the molecule is CC(CS(=O)c1cccs1)C(=O)O. The van der Waals surface area contributed by atoms with E-state index >= 15 is 0 Å². The van der Waals surface area contributed by atoms with E-state index in [1.165, 1.54) is 11.3 Å². The summed E-state index contributed by atoms with van der Waals surface area (Å²) in [5, 5.41) is 10.4. The maximum atomic E-state index is 11.5. The van der Waals surface area contributed by atoms with Crippen LogP contribution in [0.5, 0.6) is 0 Å². The molecule has 3 nitrogen and oxygen atoms in total. The quantitative estimate of drug-likeness (QED) is 0.834. The van der Waals surface area contributed by atoms with Crippen LogP contribution in [0.25, 0.3) is 0 Å². The molecule has 0 saturated heterocycles. The summed E-state index contributed by atoms with van der Waals surface area (Å²) in [5.74, 6) is -1.26. The van der Waals surface area contributed by atoms with Gasteiger partial charge in [-0.15, -0.1) is 11.3 Å². The van der Waals surface area contributed by atoms with Crippen LogP contribution >= 0.6 is 11.3 Å². The highest BCUT2D eigenvalue weighted by Gasteiger charge is 2.16. The van der Waals surface area contributed by atoms with Gasteiger partial charge in [0.1, 0.15) is 0 Å². The van der Waals surface area contributed by atoms with Crippen molar-refractivity contribution in [1.82, 2.24) is 0 Å². The zero-order chi connectivity index (χ0) is 9.84. The van der Waals surface area contributed by atoms with Crippen molar-refractivity contribution in [3.63, 3.8) is 0 Å². The second kappa shape index (κ2) is 4.53. The molecule has 0 fully saturated rings. The molecule has 0 saturated carbocycles. The van der Waals surface area contributed by atoms with Crippen LogP contribution in [0, 0.1) is 5.92 Å². The number of carbonyl (C=O) groups is 1. The number of hydrogen-bond acceptors (Lipinski definition) is 3. The van der Waals surface area contributed by atoms with Crippen LogP contribution in [0.2, 0.25) is 0 Å². The molecule has 0 amide bonds. The molecule has 0 bridgehead atoms. The minimum atomic E-state index is -1.17. The summed E-state index contributed by atoms with van der Waals surface area (Å²) in [6.45, 7) is 1.56. The Balaban J connectivity index is 2.56. The maximum Gasteiger partial charge on any atom is 0.307 e. The van der Waals surface area contributed by atoms with E-state index in [1.54, 1.807) is 13.0 Å². The van der Waals surface area contributed by atoms with Crippen LogP contribution in [-0.2, 0) is 15.6 Å². The van der Waals surface area contributed by atoms with Gasteiger partial charge in [-0.3, -0.25) is 9.00 Å². The van der Waals surface area contributed by atoms with Gasteiger partial charge in [0.2, 0.25) is 0 Å². The highest BCUT2D eigenvalue weighted by Crippen LogP contribution is 2.15. The van der Waals surface area contributed by atoms with E-state index in [4.69, 9.17) is 5.11 Å². The zero-order valence-corrected chi connectivity index (χ0v) is 8.73. The van der Waals surface area contributed by atoms with Crippen molar-refractivity contribution < 1.29 is 14.1 Å². The first-order valence-electron chi connectivity index (χ1n) is 3.76. The lowest BCUT2D eigenvalue weighted by atomic mass is 10.2. The summed E-state index contributed by atoms with van der Waals surface area (Å²) in [4.78, 5) is 10.5. The number of hydrogen-bond donors (Lipinski definition) is 1. The van der Waals surface area contributed by atoms with E-state index in [0.29, 0.717) is 0 Å². The predicted molar refractivity (Wildman–Crippen MR) is 52.4 cm³/mol. The molecule has 1 N–H and O–H groups in total. The van der Waals surface area contributed by atoms with Crippen molar-refractivity contribution in [1.29, 1.82) is 0 Å². The van der Waals surface area contributed by atoms with Crippen LogP contribution in [0.15, 0.2) is 21.7 Å². The van der Waals surface area contributed by atoms with Gasteiger partial charge in [-0.05, 0) is 11.4 Å². The van der Waals surface area contributed by atoms with Gasteiger partial charge in [-0.25, -0.2) is 0 Å². The van der Waals surface area contributed by atoms with Crippen molar-refractivity contribution in [2.24, 2.45) is 5.92 Å². The fourth-order valence-electron chi connectivity index (χ4n) is 0.774. The van der Waals surface area contributed by atoms with Gasteiger partial charge >= 0.3 is 5.97 Å². The van der Waals surface area contributed by atoms with Gasteiger partial charge in [-0.2, -0.15) is 0 Å². The van der Waals surface area contributed by atoms with E-state index in [0.717, 1.165) is 4.21 Å². The first-order valence-corrected chi connectivity index (χ1v) is 5.96. The lowest BCUT2D eigenvalue weighted by molar-refractivity contribution is -0.140. The summed E-state index contributed by atoms with van der Waals surface area (Å²) >= 11 is 1.39. The molecule has 0 aromatic carbocycles. The molecular formula is C8H10O3S2. The van der Waals surface area contributed by atoms with Gasteiger partial charge in [0.15, 0.2) is 0 Å². The number of carboxylic acids is 1. The first-order chi connectivity index (χ1) is 6.11. The Bertz CT molecular complexity index is 305. The lowest BCUT2D eigenvalue weighted by Gasteiger charge is -2.03. The summed E-state index contributed by atoms with van der Waals surface area (Å²) in [6, 6.07) is 3.57. The number of carboxylic acid groups (broad SMARTS) is 1. The normalized spacial score (nSPS) is 15.2. The molecule has 1 aromatic heterocycles. The summed E-state index contributed by atoms with van der Waals surface area (Å²) < 4.78 is 12.2. The third-order valence-electron chi connectivity index (χ3n) is 1.54. The zero-order valence-electron chi connectivity index (χ0n) is 7.10. The molecule has 0 aliphatic rings. The predicted octanol–water partition coefficient (Wildman–Crippen LogP) is 1.58. The summed E-state index contributed by atoms with van der Waals surface area (Å²) in [7, 11) is -1.17. The monoisotopic (exact) mass is 218 g/mol. The third kappa shape index (κ3) is 2.93. The molecule has 2 atom stereocenters. The van der Waals surface area contributed by atoms with Crippen molar-refractivity contribution in [3.05, 3.63) is 17.5 Å². The van der Waals surface area contributed by atoms with E-state index in [-0.39, 0.29) is 5.75 Å². The average Bonchev–Trinajstić information content (AvgIpc) is 2.55. The van der Waals surface area contributed by atoms with Gasteiger partial charge in [-0.1, -0.05) is 13.0 Å². The third-order valence-corrected chi connectivity index (χ3v) is 4.44. The van der Waals surface area contributed by atoms with E-state index in [9.17, 15) is 9.00 Å². The maximum absolute atomic E-state index is 11.5. The Morgan fingerprint density at radius 2 is 2.46 bits per heavy atom. The highest BCUT2D eigenvalue weighted by molar-refractivity contribution is 7.87. The average molecular weight is 218 g/mol. The molecule has 13 heavy (non-hydrogen) atoms. The molecule has 5 heteroatoms.